The lowest BCUT2D eigenvalue weighted by molar-refractivity contribution is -0.120. The van der Waals surface area contributed by atoms with Crippen LogP contribution in [-0.2, 0) is 14.3 Å². The van der Waals surface area contributed by atoms with Gasteiger partial charge in [-0.05, 0) is 18.8 Å². The Morgan fingerprint density at radius 1 is 1.56 bits per heavy atom. The molecule has 16 heavy (non-hydrogen) atoms. The maximum Gasteiger partial charge on any atom is 0.217 e. The van der Waals surface area contributed by atoms with Crippen LogP contribution in [0.25, 0.3) is 0 Å². The highest BCUT2D eigenvalue weighted by molar-refractivity contribution is 14.1. The van der Waals surface area contributed by atoms with Crippen molar-refractivity contribution in [1.82, 2.24) is 5.32 Å². The van der Waals surface area contributed by atoms with Crippen molar-refractivity contribution in [3.05, 3.63) is 0 Å². The molecule has 1 N–H and O–H groups in total. The molecule has 1 heterocycles. The quantitative estimate of drug-likeness (QED) is 0.586. The smallest absolute Gasteiger partial charge is 0.217 e. The molecule has 1 fully saturated rings. The average molecular weight is 341 g/mol. The fourth-order valence-corrected chi connectivity index (χ4v) is 2.18. The molecule has 0 radical (unpaired) electrons. The van der Waals surface area contributed by atoms with Crippen molar-refractivity contribution in [3.8, 4) is 0 Å². The molecular formula is C11H20INO3. The first-order valence-corrected chi connectivity index (χ1v) is 7.23. The van der Waals surface area contributed by atoms with Crippen LogP contribution < -0.4 is 5.32 Å². The molecule has 0 saturated carbocycles. The molecule has 0 bridgehead atoms. The van der Waals surface area contributed by atoms with Crippen molar-refractivity contribution in [2.75, 3.05) is 30.9 Å². The van der Waals surface area contributed by atoms with Gasteiger partial charge in [-0.1, -0.05) is 22.6 Å². The minimum Gasteiger partial charge on any atom is -0.381 e. The molecule has 1 aliphatic heterocycles. The van der Waals surface area contributed by atoms with E-state index >= 15 is 0 Å². The number of carbonyl (C=O) groups excluding carboxylic acids is 1. The summed E-state index contributed by atoms with van der Waals surface area (Å²) in [5.41, 5.74) is 0. The van der Waals surface area contributed by atoms with E-state index in [1.807, 2.05) is 0 Å². The van der Waals surface area contributed by atoms with E-state index in [1.165, 1.54) is 6.92 Å². The zero-order valence-corrected chi connectivity index (χ0v) is 11.9. The van der Waals surface area contributed by atoms with Crippen LogP contribution in [0.2, 0.25) is 0 Å². The minimum atomic E-state index is 0.0105. The van der Waals surface area contributed by atoms with E-state index in [9.17, 15) is 4.79 Å². The van der Waals surface area contributed by atoms with Gasteiger partial charge in [0.05, 0.1) is 12.6 Å². The molecule has 94 valence electrons. The lowest BCUT2D eigenvalue weighted by atomic mass is 10.0. The zero-order chi connectivity index (χ0) is 11.8. The van der Waals surface area contributed by atoms with Gasteiger partial charge in [0, 0.05) is 31.2 Å². The molecule has 1 saturated heterocycles. The third kappa shape index (κ3) is 6.00. The van der Waals surface area contributed by atoms with Gasteiger partial charge in [0.25, 0.3) is 0 Å². The van der Waals surface area contributed by atoms with Crippen molar-refractivity contribution in [2.45, 2.75) is 25.8 Å². The molecule has 4 nitrogen and oxygen atoms in total. The first-order valence-electron chi connectivity index (χ1n) is 5.71. The van der Waals surface area contributed by atoms with E-state index in [2.05, 4.69) is 27.9 Å². The van der Waals surface area contributed by atoms with E-state index in [1.54, 1.807) is 0 Å². The highest BCUT2D eigenvalue weighted by Gasteiger charge is 2.15. The van der Waals surface area contributed by atoms with Crippen LogP contribution in [0.3, 0.4) is 0 Å². The maximum atomic E-state index is 10.9. The van der Waals surface area contributed by atoms with Crippen molar-refractivity contribution in [2.24, 2.45) is 5.92 Å². The van der Waals surface area contributed by atoms with Gasteiger partial charge in [0.15, 0.2) is 0 Å². The number of ether oxygens (including phenoxy) is 2. The monoisotopic (exact) mass is 341 g/mol. The third-order valence-corrected chi connectivity index (χ3v) is 3.67. The summed E-state index contributed by atoms with van der Waals surface area (Å²) >= 11 is 2.26. The van der Waals surface area contributed by atoms with Gasteiger partial charge in [-0.3, -0.25) is 4.79 Å². The molecular weight excluding hydrogens is 321 g/mol. The van der Waals surface area contributed by atoms with Crippen LogP contribution in [-0.4, -0.2) is 42.8 Å². The van der Waals surface area contributed by atoms with Gasteiger partial charge >= 0.3 is 0 Å². The van der Waals surface area contributed by atoms with Gasteiger partial charge in [-0.15, -0.1) is 0 Å². The third-order valence-electron chi connectivity index (χ3n) is 2.61. The number of rotatable bonds is 6. The summed E-state index contributed by atoms with van der Waals surface area (Å²) in [6, 6.07) is 0.137. The second-order valence-electron chi connectivity index (χ2n) is 4.14. The normalized spacial score (nSPS) is 19.4. The number of nitrogens with one attached hydrogen (secondary N) is 1. The predicted octanol–water partition coefficient (Wildman–Crippen LogP) is 1.37. The van der Waals surface area contributed by atoms with Crippen LogP contribution in [0.4, 0.5) is 0 Å². The molecule has 0 aromatic rings. The summed E-state index contributed by atoms with van der Waals surface area (Å²) in [5.74, 6) is 0.636. The van der Waals surface area contributed by atoms with Crippen LogP contribution in [0, 0.1) is 5.92 Å². The molecule has 1 unspecified atom stereocenters. The highest BCUT2D eigenvalue weighted by Crippen LogP contribution is 2.14. The zero-order valence-electron chi connectivity index (χ0n) is 9.71. The molecule has 1 amide bonds. The SMILES string of the molecule is CC(=O)NC(CI)COCC1CCOCC1. The van der Waals surface area contributed by atoms with Gasteiger partial charge in [0.1, 0.15) is 0 Å². The molecule has 1 rings (SSSR count). The van der Waals surface area contributed by atoms with Crippen LogP contribution in [0.5, 0.6) is 0 Å². The standard InChI is InChI=1S/C11H20INO3/c1-9(14)13-11(6-12)8-16-7-10-2-4-15-5-3-10/h10-11H,2-8H2,1H3,(H,13,14). The number of carbonyl (C=O) groups is 1. The second kappa shape index (κ2) is 8.25. The van der Waals surface area contributed by atoms with Gasteiger partial charge in [-0.25, -0.2) is 0 Å². The predicted molar refractivity (Wildman–Crippen MR) is 70.9 cm³/mol. The van der Waals surface area contributed by atoms with Gasteiger partial charge < -0.3 is 14.8 Å². The molecule has 1 aliphatic rings. The Morgan fingerprint density at radius 2 is 2.25 bits per heavy atom. The van der Waals surface area contributed by atoms with E-state index in [-0.39, 0.29) is 11.9 Å². The Morgan fingerprint density at radius 3 is 2.81 bits per heavy atom. The van der Waals surface area contributed by atoms with Gasteiger partial charge in [-0.2, -0.15) is 0 Å². The number of halogens is 1. The summed E-state index contributed by atoms with van der Waals surface area (Å²) in [7, 11) is 0. The maximum absolute atomic E-state index is 10.9. The Hall–Kier alpha value is 0.120. The van der Waals surface area contributed by atoms with E-state index < -0.39 is 0 Å². The summed E-state index contributed by atoms with van der Waals surface area (Å²) in [6.07, 6.45) is 2.18. The average Bonchev–Trinajstić information content (AvgIpc) is 2.28. The molecule has 1 atom stereocenters. The molecule has 0 aromatic heterocycles. The molecule has 0 spiro atoms. The largest absolute Gasteiger partial charge is 0.381 e. The minimum absolute atomic E-state index is 0.0105. The molecule has 0 aliphatic carbocycles. The lowest BCUT2D eigenvalue weighted by Gasteiger charge is -2.23. The van der Waals surface area contributed by atoms with E-state index in [0.29, 0.717) is 12.5 Å². The fourth-order valence-electron chi connectivity index (χ4n) is 1.70. The summed E-state index contributed by atoms with van der Waals surface area (Å²) < 4.78 is 11.8. The van der Waals surface area contributed by atoms with Gasteiger partial charge in [0.2, 0.25) is 5.91 Å². The fraction of sp³-hybridized carbons (Fsp3) is 0.909. The second-order valence-corrected chi connectivity index (χ2v) is 5.03. The Kier molecular flexibility index (Phi) is 7.31. The van der Waals surface area contributed by atoms with E-state index in [4.69, 9.17) is 9.47 Å². The first-order chi connectivity index (χ1) is 7.72. The molecule has 5 heteroatoms. The van der Waals surface area contributed by atoms with Crippen molar-refractivity contribution < 1.29 is 14.3 Å². The van der Waals surface area contributed by atoms with E-state index in [0.717, 1.165) is 37.1 Å². The first kappa shape index (κ1) is 14.2. The lowest BCUT2D eigenvalue weighted by Crippen LogP contribution is -2.38. The van der Waals surface area contributed by atoms with Crippen molar-refractivity contribution in [3.63, 3.8) is 0 Å². The van der Waals surface area contributed by atoms with Crippen molar-refractivity contribution in [1.29, 1.82) is 0 Å². The Bertz CT molecular complexity index is 207. The summed E-state index contributed by atoms with van der Waals surface area (Å²) in [4.78, 5) is 10.9. The number of hydrogen-bond acceptors (Lipinski definition) is 3. The number of hydrogen-bond donors (Lipinski definition) is 1. The highest BCUT2D eigenvalue weighted by atomic mass is 127. The van der Waals surface area contributed by atoms with Crippen LogP contribution in [0.15, 0.2) is 0 Å². The summed E-state index contributed by atoms with van der Waals surface area (Å²) in [5, 5.41) is 2.87. The Labute approximate surface area is 111 Å². The van der Waals surface area contributed by atoms with Crippen LogP contribution >= 0.6 is 22.6 Å². The number of alkyl halides is 1. The topological polar surface area (TPSA) is 47.6 Å². The van der Waals surface area contributed by atoms with Crippen molar-refractivity contribution >= 4 is 28.5 Å². The Balaban J connectivity index is 2.09. The summed E-state index contributed by atoms with van der Waals surface area (Å²) in [6.45, 7) is 4.65. The molecule has 0 aromatic carbocycles. The van der Waals surface area contributed by atoms with Crippen LogP contribution in [0.1, 0.15) is 19.8 Å². The number of amides is 1.